The highest BCUT2D eigenvalue weighted by Crippen LogP contribution is 2.29. The van der Waals surface area contributed by atoms with Crippen molar-refractivity contribution in [3.8, 4) is 11.1 Å². The van der Waals surface area contributed by atoms with Crippen LogP contribution >= 0.6 is 0 Å². The van der Waals surface area contributed by atoms with Crippen molar-refractivity contribution in [1.29, 1.82) is 0 Å². The Hall–Kier alpha value is -4.90. The molecule has 39 heavy (non-hydrogen) atoms. The van der Waals surface area contributed by atoms with Crippen LogP contribution < -0.4 is 16.1 Å². The number of amides is 3. The predicted octanol–water partition coefficient (Wildman–Crippen LogP) is 3.79. The van der Waals surface area contributed by atoms with E-state index in [9.17, 15) is 24.0 Å². The zero-order chi connectivity index (χ0) is 27.8. The van der Waals surface area contributed by atoms with Crippen molar-refractivity contribution in [2.75, 3.05) is 5.32 Å². The molecular formula is C28H27FN6O4. The van der Waals surface area contributed by atoms with Crippen LogP contribution in [-0.2, 0) is 16.0 Å². The first-order valence-electron chi connectivity index (χ1n) is 12.1. The standard InChI is InChI=1S/C28H27FN6O4/c1-17(36)31-24-12-8-20(9-13-24)19-4-2-18(3-5-19)14-22(15-26(37)34-39)27(25-16-30-35-33-25)32-28(38)21-6-10-23(29)11-7-21/h2-13,16,22,27,39H,14-15H2,1H3,(H,31,36)(H,32,38)(H,34,37)(H,30,33,35). The van der Waals surface area contributed by atoms with Gasteiger partial charge < -0.3 is 10.6 Å². The van der Waals surface area contributed by atoms with E-state index in [1.165, 1.54) is 37.4 Å². The minimum absolute atomic E-state index is 0.121. The van der Waals surface area contributed by atoms with Crippen LogP contribution in [0.4, 0.5) is 10.1 Å². The third-order valence-corrected chi connectivity index (χ3v) is 6.18. The predicted molar refractivity (Wildman–Crippen MR) is 141 cm³/mol. The van der Waals surface area contributed by atoms with Gasteiger partial charge in [0.05, 0.1) is 12.2 Å². The maximum atomic E-state index is 13.4. The number of aromatic amines is 1. The van der Waals surface area contributed by atoms with Gasteiger partial charge in [-0.3, -0.25) is 19.6 Å². The van der Waals surface area contributed by atoms with Crippen LogP contribution in [-0.4, -0.2) is 38.3 Å². The van der Waals surface area contributed by atoms with Crippen molar-refractivity contribution < 1.29 is 24.0 Å². The van der Waals surface area contributed by atoms with Gasteiger partial charge in [0.25, 0.3) is 5.91 Å². The summed E-state index contributed by atoms with van der Waals surface area (Å²) >= 11 is 0. The summed E-state index contributed by atoms with van der Waals surface area (Å²) in [5.41, 5.74) is 5.79. The topological polar surface area (TPSA) is 149 Å². The third-order valence-electron chi connectivity index (χ3n) is 6.18. The largest absolute Gasteiger partial charge is 0.343 e. The van der Waals surface area contributed by atoms with Crippen molar-refractivity contribution in [3.63, 3.8) is 0 Å². The molecule has 10 nitrogen and oxygen atoms in total. The Bertz CT molecular complexity index is 1410. The summed E-state index contributed by atoms with van der Waals surface area (Å²) in [7, 11) is 0. The molecule has 3 aromatic carbocycles. The maximum Gasteiger partial charge on any atom is 0.251 e. The zero-order valence-electron chi connectivity index (χ0n) is 21.0. The van der Waals surface area contributed by atoms with E-state index in [1.54, 1.807) is 5.48 Å². The first-order chi connectivity index (χ1) is 18.8. The molecule has 0 saturated carbocycles. The number of nitrogens with one attached hydrogen (secondary N) is 4. The molecule has 0 spiro atoms. The van der Waals surface area contributed by atoms with Crippen molar-refractivity contribution in [2.45, 2.75) is 25.8 Å². The van der Waals surface area contributed by atoms with E-state index in [4.69, 9.17) is 0 Å². The Morgan fingerprint density at radius 3 is 2.15 bits per heavy atom. The second-order valence-electron chi connectivity index (χ2n) is 9.01. The van der Waals surface area contributed by atoms with Gasteiger partial charge in [-0.25, -0.2) is 9.87 Å². The molecule has 2 unspecified atom stereocenters. The molecule has 3 amide bonds. The SMILES string of the molecule is CC(=O)Nc1ccc(-c2ccc(CC(CC(=O)NO)C(NC(=O)c3ccc(F)cc3)c3cn[nH]n3)cc2)cc1. The molecule has 1 heterocycles. The molecule has 5 N–H and O–H groups in total. The van der Waals surface area contributed by atoms with Gasteiger partial charge in [0.15, 0.2) is 0 Å². The molecular weight excluding hydrogens is 503 g/mol. The minimum atomic E-state index is -0.750. The fraction of sp³-hybridized carbons (Fsp3) is 0.179. The van der Waals surface area contributed by atoms with Crippen molar-refractivity contribution in [1.82, 2.24) is 26.2 Å². The monoisotopic (exact) mass is 530 g/mol. The Morgan fingerprint density at radius 2 is 1.59 bits per heavy atom. The number of nitrogens with zero attached hydrogens (tertiary/aromatic N) is 2. The number of aromatic nitrogens is 3. The lowest BCUT2D eigenvalue weighted by molar-refractivity contribution is -0.130. The lowest BCUT2D eigenvalue weighted by Gasteiger charge is -2.26. The normalized spacial score (nSPS) is 12.3. The van der Waals surface area contributed by atoms with E-state index in [2.05, 4.69) is 26.0 Å². The van der Waals surface area contributed by atoms with Crippen LogP contribution in [0, 0.1) is 11.7 Å². The van der Waals surface area contributed by atoms with Crippen molar-refractivity contribution in [2.24, 2.45) is 5.92 Å². The molecule has 4 rings (SSSR count). The summed E-state index contributed by atoms with van der Waals surface area (Å²) < 4.78 is 13.4. The molecule has 0 bridgehead atoms. The Balaban J connectivity index is 1.56. The van der Waals surface area contributed by atoms with Gasteiger partial charge in [0, 0.05) is 24.6 Å². The third kappa shape index (κ3) is 7.33. The fourth-order valence-electron chi connectivity index (χ4n) is 4.30. The van der Waals surface area contributed by atoms with E-state index < -0.39 is 29.6 Å². The van der Waals surface area contributed by atoms with E-state index in [-0.39, 0.29) is 17.9 Å². The molecule has 0 fully saturated rings. The summed E-state index contributed by atoms with van der Waals surface area (Å²) in [6, 6.07) is 19.5. The summed E-state index contributed by atoms with van der Waals surface area (Å²) in [6.07, 6.45) is 1.69. The number of hydrogen-bond acceptors (Lipinski definition) is 6. The molecule has 0 aliphatic heterocycles. The van der Waals surface area contributed by atoms with Crippen LogP contribution in [0.1, 0.15) is 41.0 Å². The fourth-order valence-corrected chi connectivity index (χ4v) is 4.30. The van der Waals surface area contributed by atoms with Gasteiger partial charge in [0.1, 0.15) is 11.5 Å². The van der Waals surface area contributed by atoms with Gasteiger partial charge >= 0.3 is 0 Å². The molecule has 4 aromatic rings. The summed E-state index contributed by atoms with van der Waals surface area (Å²) in [6.45, 7) is 1.45. The summed E-state index contributed by atoms with van der Waals surface area (Å²) in [4.78, 5) is 36.5. The summed E-state index contributed by atoms with van der Waals surface area (Å²) in [5, 5.41) is 25.3. The van der Waals surface area contributed by atoms with E-state index in [1.807, 2.05) is 48.5 Å². The molecule has 1 aromatic heterocycles. The second kappa shape index (κ2) is 12.6. The average Bonchev–Trinajstić information content (AvgIpc) is 3.47. The molecule has 0 radical (unpaired) electrons. The molecule has 2 atom stereocenters. The smallest absolute Gasteiger partial charge is 0.251 e. The quantitative estimate of drug-likeness (QED) is 0.156. The van der Waals surface area contributed by atoms with Crippen molar-refractivity contribution in [3.05, 3.63) is 102 Å². The van der Waals surface area contributed by atoms with E-state index in [0.29, 0.717) is 17.8 Å². The lowest BCUT2D eigenvalue weighted by Crippen LogP contribution is -2.37. The average molecular weight is 531 g/mol. The minimum Gasteiger partial charge on any atom is -0.343 e. The number of benzene rings is 3. The first kappa shape index (κ1) is 27.1. The molecule has 200 valence electrons. The Labute approximate surface area is 223 Å². The highest BCUT2D eigenvalue weighted by atomic mass is 19.1. The molecule has 0 aliphatic carbocycles. The number of anilines is 1. The van der Waals surface area contributed by atoms with Crippen molar-refractivity contribution >= 4 is 23.4 Å². The van der Waals surface area contributed by atoms with Gasteiger partial charge in [-0.15, -0.1) is 0 Å². The number of hydroxylamine groups is 1. The van der Waals surface area contributed by atoms with E-state index in [0.717, 1.165) is 16.7 Å². The van der Waals surface area contributed by atoms with Crippen LogP contribution in [0.3, 0.4) is 0 Å². The van der Waals surface area contributed by atoms with Crippen LogP contribution in [0.5, 0.6) is 0 Å². The number of halogens is 1. The first-order valence-corrected chi connectivity index (χ1v) is 12.1. The number of carbonyl (C=O) groups excluding carboxylic acids is 3. The van der Waals surface area contributed by atoms with Crippen LogP contribution in [0.15, 0.2) is 79.0 Å². The Morgan fingerprint density at radius 1 is 0.949 bits per heavy atom. The van der Waals surface area contributed by atoms with Gasteiger partial charge in [-0.05, 0) is 65.4 Å². The number of rotatable bonds is 10. The van der Waals surface area contributed by atoms with E-state index >= 15 is 0 Å². The highest BCUT2D eigenvalue weighted by Gasteiger charge is 2.30. The zero-order valence-corrected chi connectivity index (χ0v) is 21.0. The second-order valence-corrected chi connectivity index (χ2v) is 9.01. The lowest BCUT2D eigenvalue weighted by atomic mass is 9.86. The highest BCUT2D eigenvalue weighted by molar-refractivity contribution is 5.94. The number of H-pyrrole nitrogens is 1. The number of carbonyl (C=O) groups is 3. The van der Waals surface area contributed by atoms with Gasteiger partial charge in [-0.2, -0.15) is 15.4 Å². The van der Waals surface area contributed by atoms with Gasteiger partial charge in [-0.1, -0.05) is 36.4 Å². The summed E-state index contributed by atoms with van der Waals surface area (Å²) in [5.74, 6) is -2.23. The van der Waals surface area contributed by atoms with Gasteiger partial charge in [0.2, 0.25) is 11.8 Å². The van der Waals surface area contributed by atoms with Crippen LogP contribution in [0.25, 0.3) is 11.1 Å². The Kier molecular flexibility index (Phi) is 8.75. The molecule has 0 saturated heterocycles. The molecule has 0 aliphatic rings. The van der Waals surface area contributed by atoms with Crippen LogP contribution in [0.2, 0.25) is 0 Å². The number of hydrogen-bond donors (Lipinski definition) is 5. The molecule has 11 heteroatoms. The maximum absolute atomic E-state index is 13.4.